The molecular weight excluding hydrogens is 302 g/mol. The minimum absolute atomic E-state index is 0.128. The molecule has 1 aromatic carbocycles. The fourth-order valence-electron chi connectivity index (χ4n) is 3.51. The molecule has 1 aromatic rings. The van der Waals surface area contributed by atoms with Gasteiger partial charge in [0, 0.05) is 18.2 Å². The molecule has 3 rings (SSSR count). The summed E-state index contributed by atoms with van der Waals surface area (Å²) >= 11 is 0. The number of amides is 1. The van der Waals surface area contributed by atoms with E-state index >= 15 is 0 Å². The van der Waals surface area contributed by atoms with Crippen LogP contribution in [-0.4, -0.2) is 50.1 Å². The number of likely N-dealkylation sites (tertiary alicyclic amines) is 1. The van der Waals surface area contributed by atoms with Gasteiger partial charge in [0.25, 0.3) is 0 Å². The van der Waals surface area contributed by atoms with Gasteiger partial charge in [-0.05, 0) is 82.5 Å². The van der Waals surface area contributed by atoms with Crippen LogP contribution in [0.4, 0.5) is 5.69 Å². The van der Waals surface area contributed by atoms with Crippen LogP contribution in [0.2, 0.25) is 0 Å². The second kappa shape index (κ2) is 8.49. The zero-order valence-corrected chi connectivity index (χ0v) is 14.6. The van der Waals surface area contributed by atoms with Gasteiger partial charge in [-0.25, -0.2) is 0 Å². The number of nitrogens with zero attached hydrogens (tertiary/aromatic N) is 1. The van der Waals surface area contributed by atoms with E-state index in [9.17, 15) is 4.79 Å². The van der Waals surface area contributed by atoms with Gasteiger partial charge in [0.15, 0.2) is 0 Å². The molecule has 0 unspecified atom stereocenters. The highest BCUT2D eigenvalue weighted by atomic mass is 16.5. The Morgan fingerprint density at radius 1 is 1.29 bits per heavy atom. The van der Waals surface area contributed by atoms with E-state index in [0.29, 0.717) is 0 Å². The maximum absolute atomic E-state index is 12.3. The number of anilines is 1. The van der Waals surface area contributed by atoms with E-state index in [4.69, 9.17) is 4.74 Å². The zero-order chi connectivity index (χ0) is 16.8. The summed E-state index contributed by atoms with van der Waals surface area (Å²) < 4.78 is 5.91. The summed E-state index contributed by atoms with van der Waals surface area (Å²) in [7, 11) is 0. The number of benzene rings is 1. The van der Waals surface area contributed by atoms with Gasteiger partial charge in [-0.15, -0.1) is 0 Å². The molecule has 2 fully saturated rings. The summed E-state index contributed by atoms with van der Waals surface area (Å²) in [5, 5.41) is 6.34. The largest absolute Gasteiger partial charge is 0.492 e. The van der Waals surface area contributed by atoms with Crippen molar-refractivity contribution in [1.29, 1.82) is 0 Å². The van der Waals surface area contributed by atoms with Gasteiger partial charge in [0.2, 0.25) is 5.91 Å². The number of hydrogen-bond donors (Lipinski definition) is 2. The average molecular weight is 331 g/mol. The summed E-state index contributed by atoms with van der Waals surface area (Å²) in [5.74, 6) is 1.18. The fraction of sp³-hybridized carbons (Fsp3) is 0.632. The Hall–Kier alpha value is -1.59. The molecule has 0 atom stereocenters. The molecule has 0 aliphatic carbocycles. The lowest BCUT2D eigenvalue weighted by Crippen LogP contribution is -2.34. The van der Waals surface area contributed by atoms with Gasteiger partial charge >= 0.3 is 0 Å². The van der Waals surface area contributed by atoms with Gasteiger partial charge in [-0.2, -0.15) is 0 Å². The molecule has 132 valence electrons. The monoisotopic (exact) mass is 331 g/mol. The van der Waals surface area contributed by atoms with Crippen LogP contribution in [0.25, 0.3) is 0 Å². The summed E-state index contributed by atoms with van der Waals surface area (Å²) in [5.41, 5.74) is 1.93. The van der Waals surface area contributed by atoms with Crippen LogP contribution in [0, 0.1) is 12.8 Å². The third-order valence-electron chi connectivity index (χ3n) is 5.02. The summed E-state index contributed by atoms with van der Waals surface area (Å²) in [4.78, 5) is 14.8. The number of carbonyl (C=O) groups excluding carboxylic acids is 1. The van der Waals surface area contributed by atoms with E-state index in [1.807, 2.05) is 25.1 Å². The molecule has 2 aliphatic heterocycles. The van der Waals surface area contributed by atoms with Gasteiger partial charge in [-0.3, -0.25) is 9.69 Å². The van der Waals surface area contributed by atoms with E-state index in [2.05, 4.69) is 15.5 Å². The first-order valence-corrected chi connectivity index (χ1v) is 9.20. The zero-order valence-electron chi connectivity index (χ0n) is 14.6. The van der Waals surface area contributed by atoms with Crippen molar-refractivity contribution < 1.29 is 9.53 Å². The number of aryl methyl sites for hydroxylation is 1. The first-order chi connectivity index (χ1) is 11.7. The lowest BCUT2D eigenvalue weighted by molar-refractivity contribution is -0.120. The quantitative estimate of drug-likeness (QED) is 0.840. The van der Waals surface area contributed by atoms with Crippen LogP contribution in [0.3, 0.4) is 0 Å². The third-order valence-corrected chi connectivity index (χ3v) is 5.02. The standard InChI is InChI=1S/C19H29N3O2/c1-15-14-17(21-19(23)16-6-8-20-9-7-16)4-5-18(15)24-13-12-22-10-2-3-11-22/h4-5,14,16,20H,2-3,6-13H2,1H3,(H,21,23). The molecule has 2 N–H and O–H groups in total. The van der Waals surface area contributed by atoms with Gasteiger partial charge in [-0.1, -0.05) is 0 Å². The number of piperidine rings is 1. The number of nitrogens with one attached hydrogen (secondary N) is 2. The minimum atomic E-state index is 0.128. The predicted molar refractivity (Wildman–Crippen MR) is 96.6 cm³/mol. The highest BCUT2D eigenvalue weighted by molar-refractivity contribution is 5.92. The lowest BCUT2D eigenvalue weighted by atomic mass is 9.97. The summed E-state index contributed by atoms with van der Waals surface area (Å²) in [6, 6.07) is 5.92. The summed E-state index contributed by atoms with van der Waals surface area (Å²) in [6.45, 7) is 8.01. The number of carbonyl (C=O) groups is 1. The molecule has 2 saturated heterocycles. The smallest absolute Gasteiger partial charge is 0.227 e. The van der Waals surface area contributed by atoms with Crippen molar-refractivity contribution in [2.45, 2.75) is 32.6 Å². The lowest BCUT2D eigenvalue weighted by Gasteiger charge is -2.22. The van der Waals surface area contributed by atoms with Crippen LogP contribution >= 0.6 is 0 Å². The van der Waals surface area contributed by atoms with E-state index in [1.165, 1.54) is 25.9 Å². The number of rotatable bonds is 6. The van der Waals surface area contributed by atoms with E-state index in [0.717, 1.165) is 56.1 Å². The molecule has 0 radical (unpaired) electrons. The molecular formula is C19H29N3O2. The topological polar surface area (TPSA) is 53.6 Å². The molecule has 0 spiro atoms. The average Bonchev–Trinajstić information content (AvgIpc) is 3.11. The van der Waals surface area contributed by atoms with Crippen molar-refractivity contribution in [1.82, 2.24) is 10.2 Å². The van der Waals surface area contributed by atoms with Gasteiger partial charge < -0.3 is 15.4 Å². The number of hydrogen-bond acceptors (Lipinski definition) is 4. The molecule has 2 aliphatic rings. The number of ether oxygens (including phenoxy) is 1. The molecule has 5 nitrogen and oxygen atoms in total. The Kier molecular flexibility index (Phi) is 6.10. The van der Waals surface area contributed by atoms with Crippen molar-refractivity contribution >= 4 is 11.6 Å². The first-order valence-electron chi connectivity index (χ1n) is 9.20. The Bertz CT molecular complexity index is 550. The van der Waals surface area contributed by atoms with E-state index in [-0.39, 0.29) is 11.8 Å². The SMILES string of the molecule is Cc1cc(NC(=O)C2CCNCC2)ccc1OCCN1CCCC1. The Morgan fingerprint density at radius 2 is 2.04 bits per heavy atom. The van der Waals surface area contributed by atoms with Crippen LogP contribution < -0.4 is 15.4 Å². The molecule has 5 heteroatoms. The van der Waals surface area contributed by atoms with E-state index in [1.54, 1.807) is 0 Å². The second-order valence-corrected chi connectivity index (χ2v) is 6.89. The molecule has 2 heterocycles. The Labute approximate surface area is 144 Å². The van der Waals surface area contributed by atoms with E-state index < -0.39 is 0 Å². The van der Waals surface area contributed by atoms with Crippen molar-refractivity contribution in [3.63, 3.8) is 0 Å². The normalized spacial score (nSPS) is 19.4. The van der Waals surface area contributed by atoms with Crippen LogP contribution in [0.15, 0.2) is 18.2 Å². The molecule has 0 saturated carbocycles. The predicted octanol–water partition coefficient (Wildman–Crippen LogP) is 2.41. The molecule has 1 amide bonds. The molecule has 0 aromatic heterocycles. The van der Waals surface area contributed by atoms with Gasteiger partial charge in [0.05, 0.1) is 0 Å². The first kappa shape index (κ1) is 17.2. The Morgan fingerprint density at radius 3 is 2.75 bits per heavy atom. The maximum Gasteiger partial charge on any atom is 0.227 e. The molecule has 0 bridgehead atoms. The Balaban J connectivity index is 1.49. The highest BCUT2D eigenvalue weighted by Gasteiger charge is 2.21. The third kappa shape index (κ3) is 4.71. The van der Waals surface area contributed by atoms with Crippen LogP contribution in [-0.2, 0) is 4.79 Å². The maximum atomic E-state index is 12.3. The van der Waals surface area contributed by atoms with Crippen molar-refractivity contribution in [2.75, 3.05) is 44.6 Å². The van der Waals surface area contributed by atoms with Gasteiger partial charge in [0.1, 0.15) is 12.4 Å². The summed E-state index contributed by atoms with van der Waals surface area (Å²) in [6.07, 6.45) is 4.46. The fourth-order valence-corrected chi connectivity index (χ4v) is 3.51. The van der Waals surface area contributed by atoms with Crippen molar-refractivity contribution in [2.24, 2.45) is 5.92 Å². The minimum Gasteiger partial charge on any atom is -0.492 e. The molecule has 24 heavy (non-hydrogen) atoms. The highest BCUT2D eigenvalue weighted by Crippen LogP contribution is 2.23. The van der Waals surface area contributed by atoms with Crippen molar-refractivity contribution in [3.8, 4) is 5.75 Å². The van der Waals surface area contributed by atoms with Crippen LogP contribution in [0.1, 0.15) is 31.2 Å². The van der Waals surface area contributed by atoms with Crippen molar-refractivity contribution in [3.05, 3.63) is 23.8 Å². The second-order valence-electron chi connectivity index (χ2n) is 6.89. The van der Waals surface area contributed by atoms with Crippen LogP contribution in [0.5, 0.6) is 5.75 Å².